The molecule has 0 unspecified atom stereocenters. The van der Waals surface area contributed by atoms with Crippen molar-refractivity contribution < 1.29 is 8.42 Å². The molecule has 0 atom stereocenters. The highest BCUT2D eigenvalue weighted by Gasteiger charge is 2.05. The summed E-state index contributed by atoms with van der Waals surface area (Å²) >= 11 is 3.17. The summed E-state index contributed by atoms with van der Waals surface area (Å²) in [6, 6.07) is 7.46. The van der Waals surface area contributed by atoms with Crippen LogP contribution < -0.4 is 0 Å². The predicted molar refractivity (Wildman–Crippen MR) is 46.1 cm³/mol. The van der Waals surface area contributed by atoms with Crippen molar-refractivity contribution >= 4 is 25.8 Å². The van der Waals surface area contributed by atoms with Crippen LogP contribution in [0.15, 0.2) is 27.6 Å². The van der Waals surface area contributed by atoms with Gasteiger partial charge in [0.2, 0.25) is 0 Å². The average molecular weight is 234 g/mol. The third-order valence-electron chi connectivity index (χ3n) is 1.14. The van der Waals surface area contributed by atoms with E-state index in [-0.39, 0.29) is 4.90 Å². The van der Waals surface area contributed by atoms with Gasteiger partial charge in [-0.1, -0.05) is 22.0 Å². The fourth-order valence-electron chi connectivity index (χ4n) is 0.633. The van der Waals surface area contributed by atoms with Crippen molar-refractivity contribution in [3.63, 3.8) is 0 Å². The minimum Gasteiger partial charge on any atom is -0.224 e. The molecule has 11 heavy (non-hydrogen) atoms. The fourth-order valence-corrected chi connectivity index (χ4v) is 1.77. The van der Waals surface area contributed by atoms with Crippen molar-refractivity contribution in [1.29, 1.82) is 0 Å². The predicted octanol–water partition coefficient (Wildman–Crippen LogP) is 1.65. The number of hydrogen-bond donors (Lipinski definition) is 0. The molecular formula is C7H6BrO2S. The molecule has 2 nitrogen and oxygen atoms in total. The second kappa shape index (κ2) is 2.95. The van der Waals surface area contributed by atoms with Crippen LogP contribution in [0.4, 0.5) is 0 Å². The molecule has 0 N–H and O–H groups in total. The summed E-state index contributed by atoms with van der Waals surface area (Å²) in [7, 11) is -3.11. The zero-order chi connectivity index (χ0) is 8.48. The molecule has 59 valence electrons. The lowest BCUT2D eigenvalue weighted by molar-refractivity contribution is 0.601. The summed E-state index contributed by atoms with van der Waals surface area (Å²) in [6.07, 6.45) is 1.16. The van der Waals surface area contributed by atoms with E-state index in [1.165, 1.54) is 6.07 Å². The molecule has 0 aliphatic carbocycles. The van der Waals surface area contributed by atoms with Crippen molar-refractivity contribution in [2.75, 3.05) is 6.26 Å². The van der Waals surface area contributed by atoms with E-state index in [0.717, 1.165) is 10.7 Å². The minimum atomic E-state index is -3.11. The molecule has 1 aromatic carbocycles. The average Bonchev–Trinajstić information content (AvgIpc) is 1.86. The molecule has 0 aromatic heterocycles. The topological polar surface area (TPSA) is 34.1 Å². The Bertz CT molecular complexity index is 356. The zero-order valence-corrected chi connectivity index (χ0v) is 8.24. The van der Waals surface area contributed by atoms with Crippen LogP contribution in [0.2, 0.25) is 0 Å². The summed E-state index contributed by atoms with van der Waals surface area (Å²) in [6.45, 7) is 0. The van der Waals surface area contributed by atoms with E-state index in [4.69, 9.17) is 0 Å². The summed E-state index contributed by atoms with van der Waals surface area (Å²) in [4.78, 5) is 0.215. The molecular weight excluding hydrogens is 228 g/mol. The van der Waals surface area contributed by atoms with E-state index in [1.54, 1.807) is 12.1 Å². The Morgan fingerprint density at radius 2 is 2.18 bits per heavy atom. The van der Waals surface area contributed by atoms with E-state index in [2.05, 4.69) is 22.0 Å². The van der Waals surface area contributed by atoms with Crippen LogP contribution in [0.25, 0.3) is 0 Å². The molecule has 1 radical (unpaired) electrons. The van der Waals surface area contributed by atoms with Gasteiger partial charge >= 0.3 is 0 Å². The lowest BCUT2D eigenvalue weighted by Crippen LogP contribution is -1.96. The van der Waals surface area contributed by atoms with Crippen molar-refractivity contribution in [2.24, 2.45) is 0 Å². The maximum atomic E-state index is 10.9. The molecule has 4 heteroatoms. The highest BCUT2D eigenvalue weighted by molar-refractivity contribution is 9.10. The van der Waals surface area contributed by atoms with Crippen molar-refractivity contribution in [2.45, 2.75) is 4.90 Å². The molecule has 0 fully saturated rings. The Hall–Kier alpha value is -0.350. The zero-order valence-electron chi connectivity index (χ0n) is 5.83. The summed E-state index contributed by atoms with van der Waals surface area (Å²) in [5, 5.41) is 0. The van der Waals surface area contributed by atoms with Gasteiger partial charge in [-0.2, -0.15) is 0 Å². The first-order valence-electron chi connectivity index (χ1n) is 2.87. The minimum absolute atomic E-state index is 0.215. The number of hydrogen-bond acceptors (Lipinski definition) is 2. The van der Waals surface area contributed by atoms with E-state index < -0.39 is 9.84 Å². The highest BCUT2D eigenvalue weighted by atomic mass is 79.9. The Kier molecular flexibility index (Phi) is 2.34. The van der Waals surface area contributed by atoms with Gasteiger partial charge in [0.15, 0.2) is 9.84 Å². The van der Waals surface area contributed by atoms with E-state index >= 15 is 0 Å². The van der Waals surface area contributed by atoms with Crippen LogP contribution >= 0.6 is 15.9 Å². The van der Waals surface area contributed by atoms with Crippen molar-refractivity contribution in [3.05, 3.63) is 28.7 Å². The van der Waals surface area contributed by atoms with Crippen LogP contribution in [0.1, 0.15) is 0 Å². The van der Waals surface area contributed by atoms with Gasteiger partial charge in [-0.15, -0.1) is 0 Å². The normalized spacial score (nSPS) is 11.5. The summed E-state index contributed by atoms with van der Waals surface area (Å²) < 4.78 is 22.6. The van der Waals surface area contributed by atoms with Gasteiger partial charge in [0.05, 0.1) is 4.90 Å². The van der Waals surface area contributed by atoms with Gasteiger partial charge in [-0.3, -0.25) is 0 Å². The van der Waals surface area contributed by atoms with Gasteiger partial charge in [-0.05, 0) is 12.1 Å². The van der Waals surface area contributed by atoms with Gasteiger partial charge in [0.25, 0.3) is 0 Å². The molecule has 0 saturated heterocycles. The summed E-state index contributed by atoms with van der Waals surface area (Å²) in [5.41, 5.74) is 0. The third kappa shape index (κ3) is 2.31. The van der Waals surface area contributed by atoms with Crippen LogP contribution in [0.3, 0.4) is 0 Å². The first kappa shape index (κ1) is 8.74. The maximum absolute atomic E-state index is 10.9. The molecule has 0 bridgehead atoms. The molecule has 0 aliphatic heterocycles. The number of halogens is 1. The quantitative estimate of drug-likeness (QED) is 0.740. The van der Waals surface area contributed by atoms with Crippen molar-refractivity contribution in [1.82, 2.24) is 0 Å². The van der Waals surface area contributed by atoms with Gasteiger partial charge in [0.1, 0.15) is 0 Å². The molecule has 1 rings (SSSR count). The monoisotopic (exact) mass is 233 g/mol. The summed E-state index contributed by atoms with van der Waals surface area (Å²) in [5.74, 6) is 0. The molecule has 0 spiro atoms. The second-order valence-electron chi connectivity index (χ2n) is 2.14. The third-order valence-corrected chi connectivity index (χ3v) is 2.66. The second-order valence-corrected chi connectivity index (χ2v) is 5.04. The Morgan fingerprint density at radius 3 is 2.55 bits per heavy atom. The highest BCUT2D eigenvalue weighted by Crippen LogP contribution is 2.14. The molecule has 0 saturated carbocycles. The maximum Gasteiger partial charge on any atom is 0.176 e. The molecule has 1 aromatic rings. The van der Waals surface area contributed by atoms with Gasteiger partial charge in [0, 0.05) is 16.8 Å². The van der Waals surface area contributed by atoms with E-state index in [0.29, 0.717) is 0 Å². The van der Waals surface area contributed by atoms with Crippen LogP contribution in [-0.4, -0.2) is 14.7 Å². The lowest BCUT2D eigenvalue weighted by atomic mass is 10.4. The SMILES string of the molecule is CS(=O)(=O)c1[c]ccc(Br)c1. The fraction of sp³-hybridized carbons (Fsp3) is 0.143. The number of sulfone groups is 1. The van der Waals surface area contributed by atoms with Crippen LogP contribution in [-0.2, 0) is 9.84 Å². The number of benzene rings is 1. The Balaban J connectivity index is 3.28. The van der Waals surface area contributed by atoms with Crippen molar-refractivity contribution in [3.8, 4) is 0 Å². The van der Waals surface area contributed by atoms with Gasteiger partial charge < -0.3 is 0 Å². The molecule has 0 heterocycles. The lowest BCUT2D eigenvalue weighted by Gasteiger charge is -1.95. The first-order valence-corrected chi connectivity index (χ1v) is 5.56. The Morgan fingerprint density at radius 1 is 1.55 bits per heavy atom. The smallest absolute Gasteiger partial charge is 0.176 e. The van der Waals surface area contributed by atoms with Crippen LogP contribution in [0.5, 0.6) is 0 Å². The number of rotatable bonds is 1. The largest absolute Gasteiger partial charge is 0.224 e. The molecule has 0 amide bonds. The standard InChI is InChI=1S/C7H6BrO2S/c1-11(9,10)7-4-2-3-6(8)5-7/h2-3,5H,1H3. The van der Waals surface area contributed by atoms with E-state index in [1.807, 2.05) is 0 Å². The van der Waals surface area contributed by atoms with Crippen LogP contribution in [0, 0.1) is 6.07 Å². The van der Waals surface area contributed by atoms with Gasteiger partial charge in [-0.25, -0.2) is 8.42 Å². The van der Waals surface area contributed by atoms with E-state index in [9.17, 15) is 8.42 Å². The molecule has 0 aliphatic rings. The Labute approximate surface area is 74.3 Å². The first-order chi connectivity index (χ1) is 5.00.